The van der Waals surface area contributed by atoms with Crippen LogP contribution in [-0.2, 0) is 17.8 Å². The largest absolute Gasteiger partial charge is 0.508 e. The maximum atomic E-state index is 13.5. The second kappa shape index (κ2) is 11.6. The molecule has 4 aromatic rings. The Hall–Kier alpha value is -4.26. The molecule has 0 bridgehead atoms. The molecule has 2 heterocycles. The van der Waals surface area contributed by atoms with Gasteiger partial charge in [-0.2, -0.15) is 0 Å². The zero-order valence-corrected chi connectivity index (χ0v) is 24.4. The number of rotatable bonds is 7. The fraction of sp³-hybridized carbons (Fsp3) is 0.371. The molecule has 3 N–H and O–H groups in total. The van der Waals surface area contributed by atoms with Crippen molar-refractivity contribution < 1.29 is 19.4 Å². The van der Waals surface area contributed by atoms with Crippen LogP contribution in [0, 0.1) is 0 Å². The fourth-order valence-electron chi connectivity index (χ4n) is 6.50. The monoisotopic (exact) mass is 565 g/mol. The van der Waals surface area contributed by atoms with Crippen LogP contribution in [-0.4, -0.2) is 40.2 Å². The third-order valence-electron chi connectivity index (χ3n) is 8.72. The maximum absolute atomic E-state index is 13.5. The van der Waals surface area contributed by atoms with Gasteiger partial charge in [0.1, 0.15) is 23.6 Å². The standard InChI is InChI=1S/C35H39N3O4/c1-35(2,34(41)36-19-18-23-12-15-26(39)16-13-23)37-33(40)25-14-17-27-29(22-25)38-20-21-42-30-11-7-6-10-28(30)32(38)31(27)24-8-4-3-5-9-24/h6-7,10-17,22,24,39H,3-5,8-9,18-21H2,1-2H3,(H,36,41)(H,37,40). The van der Waals surface area contributed by atoms with Crippen LogP contribution < -0.4 is 15.4 Å². The predicted molar refractivity (Wildman–Crippen MR) is 165 cm³/mol. The Labute approximate surface area is 246 Å². The first-order valence-electron chi connectivity index (χ1n) is 15.1. The summed E-state index contributed by atoms with van der Waals surface area (Å²) >= 11 is 0. The van der Waals surface area contributed by atoms with Crippen LogP contribution in [0.2, 0.25) is 0 Å². The summed E-state index contributed by atoms with van der Waals surface area (Å²) in [6.45, 7) is 5.13. The van der Waals surface area contributed by atoms with Gasteiger partial charge in [-0.15, -0.1) is 0 Å². The second-order valence-corrected chi connectivity index (χ2v) is 12.1. The number of fused-ring (bicyclic) bond motifs is 5. The highest BCUT2D eigenvalue weighted by Gasteiger charge is 2.32. The average Bonchev–Trinajstić information content (AvgIpc) is 3.19. The van der Waals surface area contributed by atoms with E-state index in [1.165, 1.54) is 48.7 Å². The van der Waals surface area contributed by atoms with Crippen molar-refractivity contribution in [2.45, 2.75) is 70.4 Å². The number of hydrogen-bond acceptors (Lipinski definition) is 4. The topological polar surface area (TPSA) is 92.6 Å². The van der Waals surface area contributed by atoms with E-state index in [-0.39, 0.29) is 17.6 Å². The smallest absolute Gasteiger partial charge is 0.252 e. The maximum Gasteiger partial charge on any atom is 0.252 e. The molecular formula is C35H39N3O4. The number of aromatic nitrogens is 1. The number of ether oxygens (including phenoxy) is 1. The lowest BCUT2D eigenvalue weighted by Crippen LogP contribution is -2.55. The summed E-state index contributed by atoms with van der Waals surface area (Å²) in [7, 11) is 0. The number of amides is 2. The van der Waals surface area contributed by atoms with E-state index >= 15 is 0 Å². The normalized spacial score (nSPS) is 15.3. The summed E-state index contributed by atoms with van der Waals surface area (Å²) in [6, 6.07) is 21.2. The third-order valence-corrected chi connectivity index (χ3v) is 8.72. The molecule has 3 aromatic carbocycles. The predicted octanol–water partition coefficient (Wildman–Crippen LogP) is 6.32. The summed E-state index contributed by atoms with van der Waals surface area (Å²) in [6.07, 6.45) is 6.74. The first kappa shape index (κ1) is 27.9. The molecule has 1 aliphatic heterocycles. The number of benzene rings is 3. The zero-order chi connectivity index (χ0) is 29.3. The number of phenols is 1. The minimum atomic E-state index is -1.10. The number of phenolic OH excluding ortho intramolecular Hbond substituents is 1. The Balaban J connectivity index is 1.26. The van der Waals surface area contributed by atoms with Crippen LogP contribution >= 0.6 is 0 Å². The van der Waals surface area contributed by atoms with Crippen molar-refractivity contribution in [1.82, 2.24) is 15.2 Å². The highest BCUT2D eigenvalue weighted by molar-refractivity contribution is 6.03. The number of nitrogens with zero attached hydrogens (tertiary/aromatic N) is 1. The minimum Gasteiger partial charge on any atom is -0.508 e. The van der Waals surface area contributed by atoms with E-state index in [9.17, 15) is 14.7 Å². The van der Waals surface area contributed by atoms with E-state index in [1.807, 2.05) is 36.4 Å². The molecule has 0 radical (unpaired) electrons. The first-order chi connectivity index (χ1) is 20.3. The van der Waals surface area contributed by atoms with Gasteiger partial charge >= 0.3 is 0 Å². The number of carbonyl (C=O) groups excluding carboxylic acids is 2. The van der Waals surface area contributed by atoms with Crippen LogP contribution in [0.4, 0.5) is 0 Å². The van der Waals surface area contributed by atoms with Crippen LogP contribution in [0.15, 0.2) is 66.7 Å². The van der Waals surface area contributed by atoms with Gasteiger partial charge in [0.2, 0.25) is 5.91 Å². The van der Waals surface area contributed by atoms with Gasteiger partial charge in [0, 0.05) is 28.6 Å². The lowest BCUT2D eigenvalue weighted by molar-refractivity contribution is -0.126. The van der Waals surface area contributed by atoms with Crippen LogP contribution in [0.5, 0.6) is 11.5 Å². The molecule has 42 heavy (non-hydrogen) atoms. The molecule has 2 amide bonds. The molecule has 7 nitrogen and oxygen atoms in total. The molecule has 1 aliphatic carbocycles. The molecule has 0 saturated heterocycles. The lowest BCUT2D eigenvalue weighted by Gasteiger charge is -2.25. The van der Waals surface area contributed by atoms with E-state index < -0.39 is 5.54 Å². The van der Waals surface area contributed by atoms with Gasteiger partial charge in [-0.1, -0.05) is 49.6 Å². The molecule has 1 saturated carbocycles. The van der Waals surface area contributed by atoms with E-state index in [0.29, 0.717) is 37.6 Å². The number of para-hydroxylation sites is 1. The van der Waals surface area contributed by atoms with E-state index in [0.717, 1.165) is 22.4 Å². The molecule has 0 atom stereocenters. The van der Waals surface area contributed by atoms with Gasteiger partial charge in [0.25, 0.3) is 5.91 Å². The summed E-state index contributed by atoms with van der Waals surface area (Å²) in [4.78, 5) is 26.6. The van der Waals surface area contributed by atoms with E-state index in [2.05, 4.69) is 33.4 Å². The zero-order valence-electron chi connectivity index (χ0n) is 24.4. The van der Waals surface area contributed by atoms with Crippen molar-refractivity contribution in [2.75, 3.05) is 13.2 Å². The Morgan fingerprint density at radius 3 is 2.55 bits per heavy atom. The van der Waals surface area contributed by atoms with Crippen molar-refractivity contribution in [1.29, 1.82) is 0 Å². The molecule has 1 aromatic heterocycles. The Bertz CT molecular complexity index is 1610. The van der Waals surface area contributed by atoms with Gasteiger partial charge in [0.15, 0.2) is 0 Å². The summed E-state index contributed by atoms with van der Waals surface area (Å²) in [5.41, 5.74) is 5.19. The minimum absolute atomic E-state index is 0.212. The van der Waals surface area contributed by atoms with Crippen molar-refractivity contribution in [3.8, 4) is 22.8 Å². The number of nitrogens with one attached hydrogen (secondary N) is 2. The molecule has 0 spiro atoms. The molecule has 2 aliphatic rings. The Kier molecular flexibility index (Phi) is 7.67. The summed E-state index contributed by atoms with van der Waals surface area (Å²) < 4.78 is 8.50. The number of carbonyl (C=O) groups is 2. The van der Waals surface area contributed by atoms with Gasteiger partial charge in [-0.25, -0.2) is 0 Å². The molecule has 7 heteroatoms. The average molecular weight is 566 g/mol. The highest BCUT2D eigenvalue weighted by Crippen LogP contribution is 2.47. The molecule has 6 rings (SSSR count). The third kappa shape index (κ3) is 5.48. The highest BCUT2D eigenvalue weighted by atomic mass is 16.5. The van der Waals surface area contributed by atoms with Crippen LogP contribution in [0.1, 0.15) is 73.4 Å². The molecule has 0 unspecified atom stereocenters. The van der Waals surface area contributed by atoms with Gasteiger partial charge < -0.3 is 25.0 Å². The molecular weight excluding hydrogens is 526 g/mol. The summed E-state index contributed by atoms with van der Waals surface area (Å²) in [5, 5.41) is 16.6. The summed E-state index contributed by atoms with van der Waals surface area (Å²) in [5.74, 6) is 1.07. The van der Waals surface area contributed by atoms with Gasteiger partial charge in [-0.3, -0.25) is 9.59 Å². The van der Waals surface area contributed by atoms with E-state index in [4.69, 9.17) is 4.74 Å². The van der Waals surface area contributed by atoms with Crippen LogP contribution in [0.25, 0.3) is 22.2 Å². The van der Waals surface area contributed by atoms with Crippen molar-refractivity contribution >= 4 is 22.7 Å². The van der Waals surface area contributed by atoms with Crippen molar-refractivity contribution in [3.63, 3.8) is 0 Å². The lowest BCUT2D eigenvalue weighted by atomic mass is 9.81. The van der Waals surface area contributed by atoms with Crippen molar-refractivity contribution in [3.05, 3.63) is 83.4 Å². The second-order valence-electron chi connectivity index (χ2n) is 12.1. The van der Waals surface area contributed by atoms with E-state index in [1.54, 1.807) is 26.0 Å². The quantitative estimate of drug-likeness (QED) is 0.245. The Morgan fingerprint density at radius 1 is 1.00 bits per heavy atom. The van der Waals surface area contributed by atoms with Crippen LogP contribution in [0.3, 0.4) is 0 Å². The van der Waals surface area contributed by atoms with Gasteiger partial charge in [0.05, 0.1) is 12.2 Å². The van der Waals surface area contributed by atoms with Crippen molar-refractivity contribution in [2.24, 2.45) is 0 Å². The SMILES string of the molecule is CC(C)(NC(=O)c1ccc2c(C3CCCCC3)c3n(c2c1)CCOc1ccccc1-3)C(=O)NCCc1ccc(O)cc1. The number of aromatic hydroxyl groups is 1. The fourth-order valence-corrected chi connectivity index (χ4v) is 6.50. The van der Waals surface area contributed by atoms with Gasteiger partial charge in [-0.05, 0) is 86.6 Å². The molecule has 218 valence electrons. The molecule has 1 fully saturated rings. The Morgan fingerprint density at radius 2 is 1.76 bits per heavy atom. The number of hydrogen-bond donors (Lipinski definition) is 3. The first-order valence-corrected chi connectivity index (χ1v) is 15.1.